The summed E-state index contributed by atoms with van der Waals surface area (Å²) in [5.41, 5.74) is 2.89. The maximum absolute atomic E-state index is 13.1. The summed E-state index contributed by atoms with van der Waals surface area (Å²) in [6.45, 7) is 10.7. The Balaban J connectivity index is 1.63. The highest BCUT2D eigenvalue weighted by molar-refractivity contribution is 7.17. The molecule has 1 aromatic heterocycles. The summed E-state index contributed by atoms with van der Waals surface area (Å²) in [7, 11) is 0. The first-order valence-corrected chi connectivity index (χ1v) is 11.7. The van der Waals surface area contributed by atoms with Crippen molar-refractivity contribution in [1.29, 1.82) is 0 Å². The Morgan fingerprint density at radius 3 is 2.40 bits per heavy atom. The molecule has 2 aliphatic carbocycles. The Hall–Kier alpha value is -2.14. The van der Waals surface area contributed by atoms with Crippen molar-refractivity contribution in [2.75, 3.05) is 11.9 Å². The molecule has 1 heterocycles. The van der Waals surface area contributed by atoms with Gasteiger partial charge in [0.1, 0.15) is 5.00 Å². The molecule has 1 unspecified atom stereocenters. The van der Waals surface area contributed by atoms with Crippen molar-refractivity contribution in [2.24, 2.45) is 16.7 Å². The van der Waals surface area contributed by atoms with E-state index in [1.807, 2.05) is 13.0 Å². The number of amides is 1. The van der Waals surface area contributed by atoms with Gasteiger partial charge in [0.05, 0.1) is 12.2 Å². The van der Waals surface area contributed by atoms with Crippen molar-refractivity contribution in [3.8, 4) is 0 Å². The number of fused-ring (bicyclic) bond motifs is 1. The van der Waals surface area contributed by atoms with Crippen molar-refractivity contribution >= 4 is 28.2 Å². The molecule has 0 spiro atoms. The van der Waals surface area contributed by atoms with Gasteiger partial charge in [0.15, 0.2) is 0 Å². The van der Waals surface area contributed by atoms with Crippen LogP contribution in [0.15, 0.2) is 30.3 Å². The van der Waals surface area contributed by atoms with E-state index >= 15 is 0 Å². The van der Waals surface area contributed by atoms with Crippen LogP contribution in [-0.4, -0.2) is 18.5 Å². The van der Waals surface area contributed by atoms with Crippen LogP contribution in [-0.2, 0) is 22.4 Å². The third kappa shape index (κ3) is 3.37. The Kier molecular flexibility index (Phi) is 5.29. The van der Waals surface area contributed by atoms with E-state index in [1.165, 1.54) is 10.4 Å². The summed E-state index contributed by atoms with van der Waals surface area (Å²) in [6, 6.07) is 10.5. The van der Waals surface area contributed by atoms with Gasteiger partial charge in [-0.1, -0.05) is 58.0 Å². The molecule has 4 nitrogen and oxygen atoms in total. The van der Waals surface area contributed by atoms with Crippen molar-refractivity contribution in [2.45, 2.75) is 59.8 Å². The fourth-order valence-corrected chi connectivity index (χ4v) is 6.46. The van der Waals surface area contributed by atoms with Gasteiger partial charge in [-0.25, -0.2) is 4.79 Å². The standard InChI is InChI=1S/C25H31NO3S/c1-6-29-23(28)19-17-13-12-16(15-10-8-7-9-11-15)14-18(17)30-22(19)26-21(27)20-24(2,3)25(20,4)5/h7-11,16,20H,6,12-14H2,1-5H3,(H,26,27). The van der Waals surface area contributed by atoms with Gasteiger partial charge in [0.25, 0.3) is 0 Å². The van der Waals surface area contributed by atoms with E-state index in [0.29, 0.717) is 23.1 Å². The molecular formula is C25H31NO3S. The molecule has 1 fully saturated rings. The molecule has 2 aliphatic rings. The van der Waals surface area contributed by atoms with Gasteiger partial charge in [0.2, 0.25) is 5.91 Å². The second-order valence-corrected chi connectivity index (χ2v) is 10.7. The van der Waals surface area contributed by atoms with Crippen LogP contribution >= 0.6 is 11.3 Å². The topological polar surface area (TPSA) is 55.4 Å². The third-order valence-corrected chi connectivity index (χ3v) is 8.71. The molecule has 0 radical (unpaired) electrons. The highest BCUT2D eigenvalue weighted by Crippen LogP contribution is 2.68. The van der Waals surface area contributed by atoms with E-state index in [4.69, 9.17) is 4.74 Å². The van der Waals surface area contributed by atoms with Crippen LogP contribution in [0.1, 0.15) is 73.3 Å². The smallest absolute Gasteiger partial charge is 0.341 e. The lowest BCUT2D eigenvalue weighted by molar-refractivity contribution is -0.118. The van der Waals surface area contributed by atoms with Gasteiger partial charge in [-0.05, 0) is 54.1 Å². The second-order valence-electron chi connectivity index (χ2n) is 9.64. The number of carbonyl (C=O) groups excluding carboxylic acids is 2. The Morgan fingerprint density at radius 2 is 1.80 bits per heavy atom. The van der Waals surface area contributed by atoms with Crippen molar-refractivity contribution in [1.82, 2.24) is 0 Å². The zero-order chi connectivity index (χ0) is 21.7. The Morgan fingerprint density at radius 1 is 1.13 bits per heavy atom. The number of anilines is 1. The van der Waals surface area contributed by atoms with E-state index < -0.39 is 0 Å². The molecule has 0 saturated heterocycles. The second kappa shape index (κ2) is 7.52. The quantitative estimate of drug-likeness (QED) is 0.614. The first-order valence-electron chi connectivity index (χ1n) is 10.9. The fraction of sp³-hybridized carbons (Fsp3) is 0.520. The van der Waals surface area contributed by atoms with Crippen molar-refractivity contribution < 1.29 is 14.3 Å². The maximum Gasteiger partial charge on any atom is 0.341 e. The van der Waals surface area contributed by atoms with Crippen molar-refractivity contribution in [3.05, 3.63) is 51.9 Å². The predicted molar refractivity (Wildman–Crippen MR) is 121 cm³/mol. The van der Waals surface area contributed by atoms with E-state index in [-0.39, 0.29) is 28.6 Å². The number of ether oxygens (including phenoxy) is 1. The first kappa shape index (κ1) is 21.1. The molecule has 0 bridgehead atoms. The minimum Gasteiger partial charge on any atom is -0.462 e. The SMILES string of the molecule is CCOC(=O)c1c(NC(=O)C2C(C)(C)C2(C)C)sc2c1CCC(c1ccccc1)C2. The summed E-state index contributed by atoms with van der Waals surface area (Å²) < 4.78 is 5.36. The summed E-state index contributed by atoms with van der Waals surface area (Å²) in [6.07, 6.45) is 2.72. The monoisotopic (exact) mass is 425 g/mol. The van der Waals surface area contributed by atoms with E-state index in [1.54, 1.807) is 11.3 Å². The van der Waals surface area contributed by atoms with Crippen LogP contribution < -0.4 is 5.32 Å². The maximum atomic E-state index is 13.1. The minimum atomic E-state index is -0.322. The molecular weight excluding hydrogens is 394 g/mol. The van der Waals surface area contributed by atoms with E-state index in [0.717, 1.165) is 24.8 Å². The zero-order valence-corrected chi connectivity index (χ0v) is 19.3. The average Bonchev–Trinajstić information content (AvgIpc) is 2.96. The van der Waals surface area contributed by atoms with Gasteiger partial charge < -0.3 is 10.1 Å². The highest BCUT2D eigenvalue weighted by Gasteiger charge is 2.68. The molecule has 4 rings (SSSR count). The number of rotatable bonds is 5. The lowest BCUT2D eigenvalue weighted by Crippen LogP contribution is -2.19. The molecule has 1 amide bonds. The largest absolute Gasteiger partial charge is 0.462 e. The van der Waals surface area contributed by atoms with Crippen LogP contribution in [0.25, 0.3) is 0 Å². The van der Waals surface area contributed by atoms with E-state index in [9.17, 15) is 9.59 Å². The number of benzene rings is 1. The zero-order valence-electron chi connectivity index (χ0n) is 18.5. The van der Waals surface area contributed by atoms with Gasteiger partial charge in [-0.15, -0.1) is 11.3 Å². The third-order valence-electron chi connectivity index (χ3n) is 7.54. The van der Waals surface area contributed by atoms with Crippen LogP contribution in [0.4, 0.5) is 5.00 Å². The average molecular weight is 426 g/mol. The van der Waals surface area contributed by atoms with Gasteiger partial charge in [0, 0.05) is 10.8 Å². The molecule has 30 heavy (non-hydrogen) atoms. The predicted octanol–water partition coefficient (Wildman–Crippen LogP) is 5.82. The minimum absolute atomic E-state index is 0.00811. The normalized spacial score (nSPS) is 21.6. The molecule has 2 aromatic rings. The number of hydrogen-bond acceptors (Lipinski definition) is 4. The lowest BCUT2D eigenvalue weighted by atomic mass is 9.83. The summed E-state index contributed by atoms with van der Waals surface area (Å²) in [5, 5.41) is 3.78. The highest BCUT2D eigenvalue weighted by atomic mass is 32.1. The number of nitrogens with one attached hydrogen (secondary N) is 1. The summed E-state index contributed by atoms with van der Waals surface area (Å²) in [5.74, 6) is 0.0695. The van der Waals surface area contributed by atoms with Gasteiger partial charge >= 0.3 is 5.97 Å². The van der Waals surface area contributed by atoms with Crippen LogP contribution in [0, 0.1) is 16.7 Å². The molecule has 1 atom stereocenters. The molecule has 160 valence electrons. The van der Waals surface area contributed by atoms with Gasteiger partial charge in [-0.3, -0.25) is 4.79 Å². The number of hydrogen-bond donors (Lipinski definition) is 1. The Labute approximate surface area is 183 Å². The molecule has 5 heteroatoms. The molecule has 1 saturated carbocycles. The van der Waals surface area contributed by atoms with E-state index in [2.05, 4.69) is 57.3 Å². The number of carbonyl (C=O) groups is 2. The molecule has 1 N–H and O–H groups in total. The summed E-state index contributed by atoms with van der Waals surface area (Å²) in [4.78, 5) is 27.1. The number of thiophene rings is 1. The fourth-order valence-electron chi connectivity index (χ4n) is 5.14. The summed E-state index contributed by atoms with van der Waals surface area (Å²) >= 11 is 1.56. The molecule has 1 aromatic carbocycles. The molecule has 0 aliphatic heterocycles. The van der Waals surface area contributed by atoms with Crippen LogP contribution in [0.3, 0.4) is 0 Å². The van der Waals surface area contributed by atoms with Crippen LogP contribution in [0.2, 0.25) is 0 Å². The van der Waals surface area contributed by atoms with Gasteiger partial charge in [-0.2, -0.15) is 0 Å². The number of esters is 1. The van der Waals surface area contributed by atoms with Crippen molar-refractivity contribution in [3.63, 3.8) is 0 Å². The van der Waals surface area contributed by atoms with Crippen LogP contribution in [0.5, 0.6) is 0 Å². The lowest BCUT2D eigenvalue weighted by Gasteiger charge is -2.23. The first-order chi connectivity index (χ1) is 14.2. The Bertz CT molecular complexity index is 960.